The van der Waals surface area contributed by atoms with Crippen molar-refractivity contribution < 1.29 is 19.4 Å². The molecule has 1 unspecified atom stereocenters. The van der Waals surface area contributed by atoms with Crippen molar-refractivity contribution in [1.29, 1.82) is 0 Å². The normalized spacial score (nSPS) is 13.6. The highest BCUT2D eigenvalue weighted by atomic mass is 16.5. The highest BCUT2D eigenvalue weighted by molar-refractivity contribution is 5.87. The molecule has 0 aliphatic carbocycles. The summed E-state index contributed by atoms with van der Waals surface area (Å²) in [5.74, 6) is -0.841. The monoisotopic (exact) mass is 294 g/mol. The minimum Gasteiger partial charge on any atom is -0.508 e. The summed E-state index contributed by atoms with van der Waals surface area (Å²) in [4.78, 5) is 23.7. The molecule has 4 N–H and O–H groups in total. The van der Waals surface area contributed by atoms with Crippen LogP contribution in [0.15, 0.2) is 24.3 Å². The summed E-state index contributed by atoms with van der Waals surface area (Å²) in [5.41, 5.74) is 6.68. The second-order valence-corrected chi connectivity index (χ2v) is 5.23. The molecule has 116 valence electrons. The molecule has 0 fully saturated rings. The van der Waals surface area contributed by atoms with E-state index in [4.69, 9.17) is 5.73 Å². The van der Waals surface area contributed by atoms with E-state index in [1.54, 1.807) is 12.1 Å². The number of amides is 1. The number of ether oxygens (including phenoxy) is 1. The van der Waals surface area contributed by atoms with Crippen LogP contribution < -0.4 is 11.1 Å². The van der Waals surface area contributed by atoms with Crippen molar-refractivity contribution in [3.8, 4) is 5.75 Å². The van der Waals surface area contributed by atoms with Gasteiger partial charge in [-0.1, -0.05) is 26.0 Å². The van der Waals surface area contributed by atoms with Crippen LogP contribution in [0, 0.1) is 5.92 Å². The quantitative estimate of drug-likeness (QED) is 0.666. The first-order valence-corrected chi connectivity index (χ1v) is 6.76. The van der Waals surface area contributed by atoms with Gasteiger partial charge in [-0.05, 0) is 30.0 Å². The first kappa shape index (κ1) is 17.0. The molecule has 0 saturated heterocycles. The van der Waals surface area contributed by atoms with E-state index in [9.17, 15) is 14.7 Å². The molecule has 6 heteroatoms. The fraction of sp³-hybridized carbons (Fsp3) is 0.467. The molecule has 21 heavy (non-hydrogen) atoms. The molecule has 1 rings (SSSR count). The third-order valence-electron chi connectivity index (χ3n) is 3.15. The number of benzene rings is 1. The Morgan fingerprint density at radius 3 is 2.33 bits per heavy atom. The first-order chi connectivity index (χ1) is 9.85. The van der Waals surface area contributed by atoms with Crippen LogP contribution in [0.3, 0.4) is 0 Å². The summed E-state index contributed by atoms with van der Waals surface area (Å²) in [6.45, 7) is 3.63. The summed E-state index contributed by atoms with van der Waals surface area (Å²) in [7, 11) is 1.28. The lowest BCUT2D eigenvalue weighted by Crippen LogP contribution is -2.51. The van der Waals surface area contributed by atoms with Crippen molar-refractivity contribution in [3.05, 3.63) is 29.8 Å². The van der Waals surface area contributed by atoms with Crippen LogP contribution in [0.1, 0.15) is 19.4 Å². The van der Waals surface area contributed by atoms with E-state index >= 15 is 0 Å². The number of carbonyl (C=O) groups excluding carboxylic acids is 2. The van der Waals surface area contributed by atoms with Gasteiger partial charge in [0.25, 0.3) is 0 Å². The Kier molecular flexibility index (Phi) is 6.17. The first-order valence-electron chi connectivity index (χ1n) is 6.76. The Morgan fingerprint density at radius 1 is 1.29 bits per heavy atom. The van der Waals surface area contributed by atoms with Gasteiger partial charge in [0.2, 0.25) is 5.91 Å². The molecule has 0 spiro atoms. The van der Waals surface area contributed by atoms with Crippen molar-refractivity contribution >= 4 is 11.9 Å². The largest absolute Gasteiger partial charge is 0.508 e. The van der Waals surface area contributed by atoms with E-state index in [0.717, 1.165) is 5.56 Å². The van der Waals surface area contributed by atoms with E-state index in [2.05, 4.69) is 10.1 Å². The van der Waals surface area contributed by atoms with Gasteiger partial charge >= 0.3 is 5.97 Å². The summed E-state index contributed by atoms with van der Waals surface area (Å²) < 4.78 is 4.66. The molecule has 0 radical (unpaired) electrons. The van der Waals surface area contributed by atoms with Gasteiger partial charge < -0.3 is 20.9 Å². The SMILES string of the molecule is COC(=O)[C@@H](NC(=O)C(N)Cc1ccc(O)cc1)C(C)C. The lowest BCUT2D eigenvalue weighted by molar-refractivity contribution is -0.146. The zero-order valence-electron chi connectivity index (χ0n) is 12.5. The number of nitrogens with one attached hydrogen (secondary N) is 1. The maximum atomic E-state index is 12.1. The number of hydrogen-bond acceptors (Lipinski definition) is 5. The third kappa shape index (κ3) is 5.07. The van der Waals surface area contributed by atoms with E-state index in [0.29, 0.717) is 6.42 Å². The van der Waals surface area contributed by atoms with Crippen molar-refractivity contribution in [2.75, 3.05) is 7.11 Å². The fourth-order valence-electron chi connectivity index (χ4n) is 1.86. The molecule has 2 atom stereocenters. The predicted molar refractivity (Wildman–Crippen MR) is 78.6 cm³/mol. The molecule has 0 aliphatic heterocycles. The highest BCUT2D eigenvalue weighted by Gasteiger charge is 2.27. The van der Waals surface area contributed by atoms with E-state index in [-0.39, 0.29) is 11.7 Å². The van der Waals surface area contributed by atoms with Crippen molar-refractivity contribution in [3.63, 3.8) is 0 Å². The number of rotatable bonds is 6. The number of esters is 1. The van der Waals surface area contributed by atoms with Crippen molar-refractivity contribution in [1.82, 2.24) is 5.32 Å². The predicted octanol–water partition coefficient (Wildman–Crippen LogP) is 0.576. The van der Waals surface area contributed by atoms with Gasteiger partial charge in [-0.25, -0.2) is 4.79 Å². The molecule has 0 bridgehead atoms. The maximum Gasteiger partial charge on any atom is 0.328 e. The number of phenols is 1. The molecule has 1 amide bonds. The molecular formula is C15H22N2O4. The molecular weight excluding hydrogens is 272 g/mol. The lowest BCUT2D eigenvalue weighted by atomic mass is 10.0. The van der Waals surface area contributed by atoms with Crippen LogP contribution in [-0.2, 0) is 20.7 Å². The lowest BCUT2D eigenvalue weighted by Gasteiger charge is -2.22. The minimum absolute atomic E-state index is 0.0951. The van der Waals surface area contributed by atoms with Crippen molar-refractivity contribution in [2.45, 2.75) is 32.4 Å². The van der Waals surface area contributed by atoms with Crippen LogP contribution in [-0.4, -0.2) is 36.2 Å². The molecule has 0 aliphatic rings. The summed E-state index contributed by atoms with van der Waals surface area (Å²) in [5, 5.41) is 11.8. The Hall–Kier alpha value is -2.08. The molecule has 0 aromatic heterocycles. The Bertz CT molecular complexity index is 485. The Morgan fingerprint density at radius 2 is 1.86 bits per heavy atom. The van der Waals surface area contributed by atoms with E-state index in [1.165, 1.54) is 19.2 Å². The molecule has 1 aromatic rings. The van der Waals surface area contributed by atoms with Gasteiger partial charge in [0.15, 0.2) is 0 Å². The van der Waals surface area contributed by atoms with Crippen LogP contribution >= 0.6 is 0 Å². The van der Waals surface area contributed by atoms with Gasteiger partial charge in [-0.2, -0.15) is 0 Å². The standard InChI is InChI=1S/C15H22N2O4/c1-9(2)13(15(20)21-3)17-14(19)12(16)8-10-4-6-11(18)7-5-10/h4-7,9,12-13,18H,8,16H2,1-3H3,(H,17,19)/t12?,13-/m0/s1. The van der Waals surface area contributed by atoms with Gasteiger partial charge in [0.1, 0.15) is 11.8 Å². The Labute approximate surface area is 124 Å². The maximum absolute atomic E-state index is 12.1. The van der Waals surface area contributed by atoms with E-state index in [1.807, 2.05) is 13.8 Å². The smallest absolute Gasteiger partial charge is 0.328 e. The summed E-state index contributed by atoms with van der Waals surface area (Å²) >= 11 is 0. The van der Waals surface area contributed by atoms with E-state index < -0.39 is 24.0 Å². The van der Waals surface area contributed by atoms with Gasteiger partial charge in [0.05, 0.1) is 13.2 Å². The number of carbonyl (C=O) groups is 2. The zero-order valence-corrected chi connectivity index (χ0v) is 12.5. The van der Waals surface area contributed by atoms with Gasteiger partial charge in [0, 0.05) is 0 Å². The number of methoxy groups -OCH3 is 1. The number of nitrogens with two attached hydrogens (primary N) is 1. The van der Waals surface area contributed by atoms with Gasteiger partial charge in [-0.15, -0.1) is 0 Å². The number of hydrogen-bond donors (Lipinski definition) is 3. The van der Waals surface area contributed by atoms with Crippen LogP contribution in [0.5, 0.6) is 5.75 Å². The third-order valence-corrected chi connectivity index (χ3v) is 3.15. The average Bonchev–Trinajstić information content (AvgIpc) is 2.45. The second kappa shape index (κ2) is 7.64. The fourth-order valence-corrected chi connectivity index (χ4v) is 1.86. The topological polar surface area (TPSA) is 102 Å². The van der Waals surface area contributed by atoms with Crippen LogP contribution in [0.2, 0.25) is 0 Å². The molecule has 6 nitrogen and oxygen atoms in total. The molecule has 0 heterocycles. The zero-order chi connectivity index (χ0) is 16.0. The number of aromatic hydroxyl groups is 1. The molecule has 1 aromatic carbocycles. The molecule has 0 saturated carbocycles. The van der Waals surface area contributed by atoms with Gasteiger partial charge in [-0.3, -0.25) is 4.79 Å². The van der Waals surface area contributed by atoms with Crippen molar-refractivity contribution in [2.24, 2.45) is 11.7 Å². The van der Waals surface area contributed by atoms with Crippen LogP contribution in [0.4, 0.5) is 0 Å². The second-order valence-electron chi connectivity index (χ2n) is 5.23. The minimum atomic E-state index is -0.777. The summed E-state index contributed by atoms with van der Waals surface area (Å²) in [6, 6.07) is 4.97. The average molecular weight is 294 g/mol. The Balaban J connectivity index is 2.64. The van der Waals surface area contributed by atoms with Crippen LogP contribution in [0.25, 0.3) is 0 Å². The summed E-state index contributed by atoms with van der Waals surface area (Å²) in [6.07, 6.45) is 0.318. The highest BCUT2D eigenvalue weighted by Crippen LogP contribution is 2.11. The number of phenolic OH excluding ortho intramolecular Hbond substituents is 1.